The van der Waals surface area contributed by atoms with Crippen LogP contribution in [0.3, 0.4) is 0 Å². The minimum absolute atomic E-state index is 0.389. The third-order valence-corrected chi connectivity index (χ3v) is 7.54. The fourth-order valence-electron chi connectivity index (χ4n) is 3.76. The number of hydrogen-bond donors (Lipinski definition) is 1. The van der Waals surface area contributed by atoms with Crippen LogP contribution in [0.15, 0.2) is 65.6 Å². The summed E-state index contributed by atoms with van der Waals surface area (Å²) in [5.74, 6) is 1.47. The van der Waals surface area contributed by atoms with E-state index in [2.05, 4.69) is 32.5 Å². The first-order valence-electron chi connectivity index (χ1n) is 10.4. The minimum atomic E-state index is -3.49. The summed E-state index contributed by atoms with van der Waals surface area (Å²) in [4.78, 5) is 2.46. The molecule has 8 heteroatoms. The number of sulfonamides is 1. The van der Waals surface area contributed by atoms with E-state index in [1.54, 1.807) is 10.4 Å². The van der Waals surface area contributed by atoms with Gasteiger partial charge in [-0.05, 0) is 43.2 Å². The molecular formula is C23H27N5O2S. The number of aryl methyl sites for hydroxylation is 2. The standard InChI is InChI=1S/C23H27N5O2S/c1-18-8-9-21(19(2)16-18)31(29,30)28-14-12-27(13-15-28)23-11-10-22(25-26-23)24-17-20-6-4-3-5-7-20/h3-11,16H,12-15,17H2,1-2H3,(H,24,25). The predicted molar refractivity (Wildman–Crippen MR) is 123 cm³/mol. The molecule has 1 aromatic heterocycles. The van der Waals surface area contributed by atoms with Crippen LogP contribution in [0, 0.1) is 13.8 Å². The van der Waals surface area contributed by atoms with Gasteiger partial charge in [0.2, 0.25) is 10.0 Å². The molecule has 1 saturated heterocycles. The molecule has 1 fully saturated rings. The highest BCUT2D eigenvalue weighted by Crippen LogP contribution is 2.23. The van der Waals surface area contributed by atoms with Crippen molar-refractivity contribution in [2.24, 2.45) is 0 Å². The van der Waals surface area contributed by atoms with E-state index in [1.807, 2.05) is 56.3 Å². The van der Waals surface area contributed by atoms with E-state index < -0.39 is 10.0 Å². The molecule has 0 aliphatic carbocycles. The molecule has 1 N–H and O–H groups in total. The molecule has 4 rings (SSSR count). The molecule has 0 spiro atoms. The van der Waals surface area contributed by atoms with E-state index in [9.17, 15) is 8.42 Å². The molecular weight excluding hydrogens is 410 g/mol. The highest BCUT2D eigenvalue weighted by molar-refractivity contribution is 7.89. The quantitative estimate of drug-likeness (QED) is 0.638. The Bertz CT molecular complexity index is 1130. The topological polar surface area (TPSA) is 78.4 Å². The first kappa shape index (κ1) is 21.3. The number of anilines is 2. The monoisotopic (exact) mass is 437 g/mol. The maximum Gasteiger partial charge on any atom is 0.243 e. The van der Waals surface area contributed by atoms with E-state index in [-0.39, 0.29) is 0 Å². The molecule has 0 amide bonds. The maximum atomic E-state index is 13.1. The first-order valence-corrected chi connectivity index (χ1v) is 11.8. The summed E-state index contributed by atoms with van der Waals surface area (Å²) in [7, 11) is -3.49. The molecule has 162 valence electrons. The molecule has 0 bridgehead atoms. The lowest BCUT2D eigenvalue weighted by Gasteiger charge is -2.34. The van der Waals surface area contributed by atoms with Gasteiger partial charge in [0.15, 0.2) is 5.82 Å². The van der Waals surface area contributed by atoms with Crippen LogP contribution in [0.4, 0.5) is 11.6 Å². The van der Waals surface area contributed by atoms with Crippen molar-refractivity contribution in [3.8, 4) is 0 Å². The number of rotatable bonds is 6. The van der Waals surface area contributed by atoms with Crippen molar-refractivity contribution in [1.29, 1.82) is 0 Å². The fourth-order valence-corrected chi connectivity index (χ4v) is 5.39. The van der Waals surface area contributed by atoms with Gasteiger partial charge in [-0.25, -0.2) is 8.42 Å². The van der Waals surface area contributed by atoms with E-state index in [0.29, 0.717) is 43.4 Å². The Hall–Kier alpha value is -2.97. The van der Waals surface area contributed by atoms with Crippen molar-refractivity contribution in [1.82, 2.24) is 14.5 Å². The number of piperazine rings is 1. The van der Waals surface area contributed by atoms with Gasteiger partial charge in [-0.15, -0.1) is 10.2 Å². The lowest BCUT2D eigenvalue weighted by molar-refractivity contribution is 0.383. The Kier molecular flexibility index (Phi) is 6.20. The van der Waals surface area contributed by atoms with E-state index in [1.165, 1.54) is 5.56 Å². The molecule has 31 heavy (non-hydrogen) atoms. The third kappa shape index (κ3) is 4.86. The first-order chi connectivity index (χ1) is 14.9. The molecule has 1 aliphatic rings. The van der Waals surface area contributed by atoms with Gasteiger partial charge >= 0.3 is 0 Å². The van der Waals surface area contributed by atoms with Crippen molar-refractivity contribution < 1.29 is 8.42 Å². The van der Waals surface area contributed by atoms with Crippen molar-refractivity contribution in [2.75, 3.05) is 36.4 Å². The van der Waals surface area contributed by atoms with Crippen molar-refractivity contribution in [2.45, 2.75) is 25.3 Å². The van der Waals surface area contributed by atoms with Gasteiger partial charge in [-0.2, -0.15) is 4.31 Å². The summed E-state index contributed by atoms with van der Waals surface area (Å²) in [5, 5.41) is 11.9. The van der Waals surface area contributed by atoms with Crippen LogP contribution in [0.25, 0.3) is 0 Å². The predicted octanol–water partition coefficient (Wildman–Crippen LogP) is 3.22. The molecule has 2 aromatic carbocycles. The summed E-state index contributed by atoms with van der Waals surface area (Å²) in [6.45, 7) is 6.50. The van der Waals surface area contributed by atoms with E-state index in [4.69, 9.17) is 0 Å². The van der Waals surface area contributed by atoms with Crippen molar-refractivity contribution in [3.63, 3.8) is 0 Å². The second-order valence-corrected chi connectivity index (χ2v) is 9.68. The highest BCUT2D eigenvalue weighted by atomic mass is 32.2. The molecule has 0 saturated carbocycles. The third-order valence-electron chi connectivity index (χ3n) is 5.48. The molecule has 7 nitrogen and oxygen atoms in total. The zero-order chi connectivity index (χ0) is 21.8. The highest BCUT2D eigenvalue weighted by Gasteiger charge is 2.30. The average molecular weight is 438 g/mol. The second-order valence-electron chi connectivity index (χ2n) is 7.78. The Morgan fingerprint density at radius 2 is 1.65 bits per heavy atom. The number of benzene rings is 2. The smallest absolute Gasteiger partial charge is 0.243 e. The fraction of sp³-hybridized carbons (Fsp3) is 0.304. The average Bonchev–Trinajstić information content (AvgIpc) is 2.78. The normalized spacial score (nSPS) is 15.1. The van der Waals surface area contributed by atoms with Crippen LogP contribution in [-0.4, -0.2) is 49.1 Å². The van der Waals surface area contributed by atoms with Crippen LogP contribution in [0.2, 0.25) is 0 Å². The van der Waals surface area contributed by atoms with Gasteiger partial charge in [0.05, 0.1) is 4.90 Å². The van der Waals surface area contributed by atoms with Crippen LogP contribution in [-0.2, 0) is 16.6 Å². The molecule has 0 unspecified atom stereocenters. The number of hydrogen-bond acceptors (Lipinski definition) is 6. The number of nitrogens with one attached hydrogen (secondary N) is 1. The van der Waals surface area contributed by atoms with Gasteiger partial charge in [0, 0.05) is 32.7 Å². The lowest BCUT2D eigenvalue weighted by Crippen LogP contribution is -2.49. The Morgan fingerprint density at radius 3 is 2.29 bits per heavy atom. The Labute approximate surface area is 183 Å². The molecule has 1 aliphatic heterocycles. The van der Waals surface area contributed by atoms with Crippen molar-refractivity contribution in [3.05, 3.63) is 77.4 Å². The number of aromatic nitrogens is 2. The summed E-state index contributed by atoms with van der Waals surface area (Å²) in [6, 6.07) is 19.4. The summed E-state index contributed by atoms with van der Waals surface area (Å²) in [5.41, 5.74) is 3.02. The van der Waals surface area contributed by atoms with Crippen LogP contribution < -0.4 is 10.2 Å². The zero-order valence-corrected chi connectivity index (χ0v) is 18.6. The van der Waals surface area contributed by atoms with Gasteiger partial charge in [-0.1, -0.05) is 48.0 Å². The van der Waals surface area contributed by atoms with Gasteiger partial charge in [0.1, 0.15) is 5.82 Å². The van der Waals surface area contributed by atoms with Crippen LogP contribution >= 0.6 is 0 Å². The molecule has 0 radical (unpaired) electrons. The van der Waals surface area contributed by atoms with Gasteiger partial charge < -0.3 is 10.2 Å². The van der Waals surface area contributed by atoms with Gasteiger partial charge in [0.25, 0.3) is 0 Å². The number of nitrogens with zero attached hydrogens (tertiary/aromatic N) is 4. The van der Waals surface area contributed by atoms with Crippen molar-refractivity contribution >= 4 is 21.7 Å². The summed E-state index contributed by atoms with van der Waals surface area (Å²) in [6.07, 6.45) is 0. The molecule has 2 heterocycles. The molecule has 0 atom stereocenters. The van der Waals surface area contributed by atoms with E-state index >= 15 is 0 Å². The SMILES string of the molecule is Cc1ccc(S(=O)(=O)N2CCN(c3ccc(NCc4ccccc4)nn3)CC2)c(C)c1. The lowest BCUT2D eigenvalue weighted by atomic mass is 10.2. The largest absolute Gasteiger partial charge is 0.365 e. The Morgan fingerprint density at radius 1 is 0.903 bits per heavy atom. The van der Waals surface area contributed by atoms with Crippen LogP contribution in [0.5, 0.6) is 0 Å². The molecule has 3 aromatic rings. The van der Waals surface area contributed by atoms with E-state index in [0.717, 1.165) is 16.9 Å². The summed E-state index contributed by atoms with van der Waals surface area (Å²) >= 11 is 0. The van der Waals surface area contributed by atoms with Crippen LogP contribution in [0.1, 0.15) is 16.7 Å². The summed E-state index contributed by atoms with van der Waals surface area (Å²) < 4.78 is 27.7. The zero-order valence-electron chi connectivity index (χ0n) is 17.8. The maximum absolute atomic E-state index is 13.1. The minimum Gasteiger partial charge on any atom is -0.365 e. The second kappa shape index (κ2) is 9.03. The Balaban J connectivity index is 1.36. The van der Waals surface area contributed by atoms with Gasteiger partial charge in [-0.3, -0.25) is 0 Å².